The fraction of sp³-hybridized carbons (Fsp3) is 0.533. The van der Waals surface area contributed by atoms with Crippen LogP contribution in [0, 0.1) is 0 Å². The maximum atomic E-state index is 11.8. The molecule has 19 heavy (non-hydrogen) atoms. The molecule has 1 aromatic rings. The molecule has 2 rings (SSSR count). The second-order valence-electron chi connectivity index (χ2n) is 5.21. The fourth-order valence-electron chi connectivity index (χ4n) is 2.49. The Labute approximate surface area is 119 Å². The second-order valence-corrected chi connectivity index (χ2v) is 5.64. The zero-order valence-corrected chi connectivity index (χ0v) is 12.0. The van der Waals surface area contributed by atoms with Gasteiger partial charge in [0.05, 0.1) is 6.54 Å². The van der Waals surface area contributed by atoms with Gasteiger partial charge in [-0.25, -0.2) is 0 Å². The summed E-state index contributed by atoms with van der Waals surface area (Å²) in [6, 6.07) is 8.22. The summed E-state index contributed by atoms with van der Waals surface area (Å²) in [5.74, 6) is 0.0841. The van der Waals surface area contributed by atoms with Gasteiger partial charge in [0, 0.05) is 17.1 Å². The van der Waals surface area contributed by atoms with Crippen LogP contribution in [0.15, 0.2) is 24.3 Å². The van der Waals surface area contributed by atoms with E-state index in [1.807, 2.05) is 31.2 Å². The molecule has 1 saturated carbocycles. The van der Waals surface area contributed by atoms with Crippen molar-refractivity contribution in [2.45, 2.75) is 44.7 Å². The quantitative estimate of drug-likeness (QED) is 0.870. The minimum atomic E-state index is 0.0841. The summed E-state index contributed by atoms with van der Waals surface area (Å²) in [6.07, 6.45) is 4.71. The largest absolute Gasteiger partial charge is 0.352 e. The van der Waals surface area contributed by atoms with Crippen LogP contribution in [0.25, 0.3) is 0 Å². The number of halogens is 1. The van der Waals surface area contributed by atoms with Crippen molar-refractivity contribution in [2.75, 3.05) is 6.54 Å². The van der Waals surface area contributed by atoms with E-state index in [1.54, 1.807) is 0 Å². The summed E-state index contributed by atoms with van der Waals surface area (Å²) in [5.41, 5.74) is 1.10. The van der Waals surface area contributed by atoms with Gasteiger partial charge < -0.3 is 10.6 Å². The second kappa shape index (κ2) is 6.92. The topological polar surface area (TPSA) is 41.1 Å². The molecule has 0 heterocycles. The Morgan fingerprint density at radius 1 is 1.42 bits per heavy atom. The van der Waals surface area contributed by atoms with E-state index in [4.69, 9.17) is 11.6 Å². The van der Waals surface area contributed by atoms with Crippen LogP contribution in [0.5, 0.6) is 0 Å². The van der Waals surface area contributed by atoms with Gasteiger partial charge >= 0.3 is 0 Å². The number of carbonyl (C=O) groups is 1. The Morgan fingerprint density at radius 3 is 2.84 bits per heavy atom. The van der Waals surface area contributed by atoms with Crippen molar-refractivity contribution in [3.8, 4) is 0 Å². The Hall–Kier alpha value is -1.06. The minimum Gasteiger partial charge on any atom is -0.352 e. The monoisotopic (exact) mass is 280 g/mol. The molecule has 0 radical (unpaired) electrons. The lowest BCUT2D eigenvalue weighted by Crippen LogP contribution is -2.39. The lowest BCUT2D eigenvalue weighted by atomic mass is 10.1. The SMILES string of the molecule is C[C@H](NCC(=O)NC1CCCC1)c1cccc(Cl)c1. The molecule has 1 amide bonds. The van der Waals surface area contributed by atoms with Gasteiger partial charge in [-0.2, -0.15) is 0 Å². The number of benzene rings is 1. The normalized spacial score (nSPS) is 17.4. The predicted molar refractivity (Wildman–Crippen MR) is 78.3 cm³/mol. The van der Waals surface area contributed by atoms with Crippen LogP contribution in [0.2, 0.25) is 5.02 Å². The van der Waals surface area contributed by atoms with Crippen LogP contribution in [0.4, 0.5) is 0 Å². The Balaban J connectivity index is 1.76. The summed E-state index contributed by atoms with van der Waals surface area (Å²) in [7, 11) is 0. The average molecular weight is 281 g/mol. The van der Waals surface area contributed by atoms with Gasteiger partial charge in [-0.15, -0.1) is 0 Å². The van der Waals surface area contributed by atoms with E-state index in [0.717, 1.165) is 23.4 Å². The number of carbonyl (C=O) groups excluding carboxylic acids is 1. The van der Waals surface area contributed by atoms with Crippen molar-refractivity contribution in [3.05, 3.63) is 34.9 Å². The van der Waals surface area contributed by atoms with Gasteiger partial charge in [-0.05, 0) is 37.5 Å². The Kier molecular flexibility index (Phi) is 5.23. The average Bonchev–Trinajstić information content (AvgIpc) is 2.88. The van der Waals surface area contributed by atoms with E-state index < -0.39 is 0 Å². The molecular weight excluding hydrogens is 260 g/mol. The highest BCUT2D eigenvalue weighted by Gasteiger charge is 2.17. The lowest BCUT2D eigenvalue weighted by molar-refractivity contribution is -0.121. The first-order chi connectivity index (χ1) is 9.15. The fourth-order valence-corrected chi connectivity index (χ4v) is 2.69. The van der Waals surface area contributed by atoms with Gasteiger partial charge in [0.25, 0.3) is 0 Å². The standard InChI is InChI=1S/C15H21ClN2O/c1-11(12-5-4-6-13(16)9-12)17-10-15(19)18-14-7-2-3-8-14/h4-6,9,11,14,17H,2-3,7-8,10H2,1H3,(H,18,19)/t11-/m0/s1. The summed E-state index contributed by atoms with van der Waals surface area (Å²) < 4.78 is 0. The van der Waals surface area contributed by atoms with Crippen LogP contribution in [-0.4, -0.2) is 18.5 Å². The highest BCUT2D eigenvalue weighted by atomic mass is 35.5. The lowest BCUT2D eigenvalue weighted by Gasteiger charge is -2.16. The van der Waals surface area contributed by atoms with E-state index >= 15 is 0 Å². The van der Waals surface area contributed by atoms with Crippen molar-refractivity contribution in [3.63, 3.8) is 0 Å². The number of amides is 1. The zero-order chi connectivity index (χ0) is 13.7. The molecule has 1 aliphatic rings. The van der Waals surface area contributed by atoms with E-state index in [9.17, 15) is 4.79 Å². The smallest absolute Gasteiger partial charge is 0.234 e. The first-order valence-electron chi connectivity index (χ1n) is 6.93. The molecule has 0 bridgehead atoms. The van der Waals surface area contributed by atoms with Gasteiger partial charge in [0.1, 0.15) is 0 Å². The van der Waals surface area contributed by atoms with Gasteiger partial charge in [-0.3, -0.25) is 4.79 Å². The third-order valence-corrected chi connectivity index (χ3v) is 3.87. The summed E-state index contributed by atoms with van der Waals surface area (Å²) >= 11 is 5.96. The molecule has 0 spiro atoms. The molecule has 4 heteroatoms. The van der Waals surface area contributed by atoms with E-state index in [2.05, 4.69) is 10.6 Å². The maximum Gasteiger partial charge on any atom is 0.234 e. The third-order valence-electron chi connectivity index (χ3n) is 3.64. The molecule has 0 unspecified atom stereocenters. The predicted octanol–water partition coefficient (Wildman–Crippen LogP) is 3.05. The van der Waals surface area contributed by atoms with Crippen molar-refractivity contribution in [1.82, 2.24) is 10.6 Å². The highest BCUT2D eigenvalue weighted by Crippen LogP contribution is 2.18. The molecule has 1 atom stereocenters. The molecular formula is C15H21ClN2O. The zero-order valence-electron chi connectivity index (χ0n) is 11.3. The molecule has 1 aliphatic carbocycles. The van der Waals surface area contributed by atoms with Crippen molar-refractivity contribution < 1.29 is 4.79 Å². The first kappa shape index (κ1) is 14.4. The molecule has 3 nitrogen and oxygen atoms in total. The van der Waals surface area contributed by atoms with E-state index in [-0.39, 0.29) is 11.9 Å². The first-order valence-corrected chi connectivity index (χ1v) is 7.31. The van der Waals surface area contributed by atoms with E-state index in [1.165, 1.54) is 12.8 Å². The van der Waals surface area contributed by atoms with Crippen LogP contribution >= 0.6 is 11.6 Å². The maximum absolute atomic E-state index is 11.8. The molecule has 0 aliphatic heterocycles. The van der Waals surface area contributed by atoms with Crippen LogP contribution in [0.3, 0.4) is 0 Å². The molecule has 2 N–H and O–H groups in total. The number of hydrogen-bond donors (Lipinski definition) is 2. The molecule has 104 valence electrons. The highest BCUT2D eigenvalue weighted by molar-refractivity contribution is 6.30. The van der Waals surface area contributed by atoms with Crippen molar-refractivity contribution in [2.24, 2.45) is 0 Å². The van der Waals surface area contributed by atoms with Gasteiger partial charge in [-0.1, -0.05) is 36.6 Å². The summed E-state index contributed by atoms with van der Waals surface area (Å²) in [6.45, 7) is 2.39. The number of rotatable bonds is 5. The van der Waals surface area contributed by atoms with Crippen molar-refractivity contribution >= 4 is 17.5 Å². The summed E-state index contributed by atoms with van der Waals surface area (Å²) in [5, 5.41) is 7.02. The third kappa shape index (κ3) is 4.51. The summed E-state index contributed by atoms with van der Waals surface area (Å²) in [4.78, 5) is 11.8. The van der Waals surface area contributed by atoms with Crippen LogP contribution in [-0.2, 0) is 4.79 Å². The number of hydrogen-bond acceptors (Lipinski definition) is 2. The Bertz CT molecular complexity index is 430. The molecule has 1 aromatic carbocycles. The van der Waals surface area contributed by atoms with Crippen LogP contribution < -0.4 is 10.6 Å². The van der Waals surface area contributed by atoms with E-state index in [0.29, 0.717) is 12.6 Å². The van der Waals surface area contributed by atoms with Crippen LogP contribution in [0.1, 0.15) is 44.2 Å². The molecule has 0 aromatic heterocycles. The van der Waals surface area contributed by atoms with Crippen molar-refractivity contribution in [1.29, 1.82) is 0 Å². The number of nitrogens with one attached hydrogen (secondary N) is 2. The molecule has 1 fully saturated rings. The Morgan fingerprint density at radius 2 is 2.16 bits per heavy atom. The van der Waals surface area contributed by atoms with Gasteiger partial charge in [0.15, 0.2) is 0 Å². The molecule has 0 saturated heterocycles. The minimum absolute atomic E-state index is 0.0841. The van der Waals surface area contributed by atoms with Gasteiger partial charge in [0.2, 0.25) is 5.91 Å².